The van der Waals surface area contributed by atoms with Gasteiger partial charge >= 0.3 is 6.03 Å². The van der Waals surface area contributed by atoms with E-state index < -0.39 is 38.6 Å². The first kappa shape index (κ1) is 36.5. The van der Waals surface area contributed by atoms with Crippen LogP contribution in [0.4, 0.5) is 38.9 Å². The molecule has 15 nitrogen and oxygen atoms in total. The van der Waals surface area contributed by atoms with E-state index in [0.717, 1.165) is 25.1 Å². The molecule has 0 aromatic heterocycles. The van der Waals surface area contributed by atoms with Crippen molar-refractivity contribution in [3.8, 4) is 0 Å². The van der Waals surface area contributed by atoms with Crippen LogP contribution in [0.5, 0.6) is 0 Å². The Morgan fingerprint density at radius 1 is 0.745 bits per heavy atom. The maximum Gasteiger partial charge on any atom is 0.319 e. The number of amides is 4. The number of hydrogen-bond donors (Lipinski definition) is 4. The van der Waals surface area contributed by atoms with Gasteiger partial charge in [0.2, 0.25) is 0 Å². The van der Waals surface area contributed by atoms with E-state index in [9.17, 15) is 34.6 Å². The number of halogens is 2. The van der Waals surface area contributed by atoms with Crippen molar-refractivity contribution in [3.05, 3.63) is 92.0 Å². The van der Waals surface area contributed by atoms with Crippen LogP contribution in [-0.4, -0.2) is 84.6 Å². The Hall–Kier alpha value is -4.99. The van der Waals surface area contributed by atoms with Crippen LogP contribution in [0.25, 0.3) is 0 Å². The molecule has 0 heterocycles. The number of hydrogen-bond acceptors (Lipinski definition) is 9. The first-order valence-corrected chi connectivity index (χ1v) is 15.4. The number of nitrogens with one attached hydrogen (secondary N) is 4. The summed E-state index contributed by atoms with van der Waals surface area (Å²) in [6, 6.07) is 13.8. The van der Waals surface area contributed by atoms with Crippen molar-refractivity contribution < 1.29 is 24.2 Å². The molecular weight excluding hydrogens is 655 g/mol. The second-order valence-corrected chi connectivity index (χ2v) is 11.1. The molecule has 0 aliphatic heterocycles. The van der Waals surface area contributed by atoms with E-state index in [0.29, 0.717) is 17.9 Å². The summed E-state index contributed by atoms with van der Waals surface area (Å²) < 4.78 is 0. The van der Waals surface area contributed by atoms with E-state index in [1.54, 1.807) is 24.3 Å². The SMILES string of the molecule is CN(C)CCCNC(=O)Nc1cccc(NC(=O)c2cccc(NC(=O)c3cc(N(CCCl)CCCl)c([N+](=O)[O-])cc3[N+](=O)[O-])c2)c1. The second-order valence-electron chi connectivity index (χ2n) is 10.3. The molecule has 0 aliphatic carbocycles. The summed E-state index contributed by atoms with van der Waals surface area (Å²) in [5.41, 5.74) is -0.729. The Morgan fingerprint density at radius 3 is 1.91 bits per heavy atom. The van der Waals surface area contributed by atoms with E-state index >= 15 is 0 Å². The molecule has 0 unspecified atom stereocenters. The fourth-order valence-electron chi connectivity index (χ4n) is 4.44. The Morgan fingerprint density at radius 2 is 1.32 bits per heavy atom. The zero-order valence-electron chi connectivity index (χ0n) is 25.6. The van der Waals surface area contributed by atoms with Crippen LogP contribution in [-0.2, 0) is 0 Å². The van der Waals surface area contributed by atoms with Gasteiger partial charge in [0.25, 0.3) is 23.2 Å². The van der Waals surface area contributed by atoms with Crippen LogP contribution in [0.2, 0.25) is 0 Å². The van der Waals surface area contributed by atoms with Gasteiger partial charge in [-0.1, -0.05) is 12.1 Å². The van der Waals surface area contributed by atoms with Crippen molar-refractivity contribution in [1.82, 2.24) is 10.2 Å². The van der Waals surface area contributed by atoms with Gasteiger partial charge in [0.1, 0.15) is 11.3 Å². The summed E-state index contributed by atoms with van der Waals surface area (Å²) in [6.45, 7) is 1.59. The molecule has 3 aromatic rings. The zero-order valence-corrected chi connectivity index (χ0v) is 27.1. The first-order chi connectivity index (χ1) is 22.4. The molecule has 0 saturated carbocycles. The Bertz CT molecular complexity index is 1620. The lowest BCUT2D eigenvalue weighted by atomic mass is 10.1. The minimum Gasteiger partial charge on any atom is -0.364 e. The minimum absolute atomic E-state index is 0.0568. The highest BCUT2D eigenvalue weighted by Gasteiger charge is 2.30. The number of benzene rings is 3. The third-order valence-corrected chi connectivity index (χ3v) is 6.95. The van der Waals surface area contributed by atoms with Crippen molar-refractivity contribution in [3.63, 3.8) is 0 Å². The van der Waals surface area contributed by atoms with Gasteiger partial charge < -0.3 is 31.1 Å². The smallest absolute Gasteiger partial charge is 0.319 e. The van der Waals surface area contributed by atoms with E-state index in [-0.39, 0.29) is 47.8 Å². The van der Waals surface area contributed by atoms with Gasteiger partial charge in [-0.05, 0) is 69.5 Å². The van der Waals surface area contributed by atoms with Gasteiger partial charge in [0.05, 0.1) is 15.9 Å². The molecule has 0 fully saturated rings. The fourth-order valence-corrected chi connectivity index (χ4v) is 4.85. The number of anilines is 4. The van der Waals surface area contributed by atoms with Crippen LogP contribution in [0.3, 0.4) is 0 Å². The molecule has 0 atom stereocenters. The summed E-state index contributed by atoms with van der Waals surface area (Å²) in [5.74, 6) is -1.31. The molecule has 3 aromatic carbocycles. The molecule has 3 rings (SSSR count). The summed E-state index contributed by atoms with van der Waals surface area (Å²) >= 11 is 11.7. The summed E-state index contributed by atoms with van der Waals surface area (Å²) in [6.07, 6.45) is 0.781. The number of nitro benzene ring substituents is 2. The van der Waals surface area contributed by atoms with Crippen molar-refractivity contribution in [2.24, 2.45) is 0 Å². The largest absolute Gasteiger partial charge is 0.364 e. The van der Waals surface area contributed by atoms with Crippen LogP contribution < -0.4 is 26.2 Å². The number of carbonyl (C=O) groups excluding carboxylic acids is 3. The number of nitro groups is 2. The molecule has 250 valence electrons. The van der Waals surface area contributed by atoms with Crippen LogP contribution in [0, 0.1) is 20.2 Å². The average Bonchev–Trinajstić information content (AvgIpc) is 3.02. The normalized spacial score (nSPS) is 10.7. The molecule has 4 amide bonds. The summed E-state index contributed by atoms with van der Waals surface area (Å²) in [4.78, 5) is 64.0. The van der Waals surface area contributed by atoms with Crippen molar-refractivity contribution in [2.75, 3.05) is 72.9 Å². The van der Waals surface area contributed by atoms with E-state index in [1.807, 2.05) is 19.0 Å². The molecule has 47 heavy (non-hydrogen) atoms. The summed E-state index contributed by atoms with van der Waals surface area (Å²) in [5, 5.41) is 34.3. The highest BCUT2D eigenvalue weighted by molar-refractivity contribution is 6.18. The monoisotopic (exact) mass is 688 g/mol. The number of carbonyl (C=O) groups is 3. The lowest BCUT2D eigenvalue weighted by molar-refractivity contribution is -0.393. The molecule has 0 bridgehead atoms. The number of rotatable bonds is 16. The maximum absolute atomic E-state index is 13.3. The fraction of sp³-hybridized carbons (Fsp3) is 0.300. The van der Waals surface area contributed by atoms with E-state index in [2.05, 4.69) is 21.3 Å². The molecule has 0 saturated heterocycles. The van der Waals surface area contributed by atoms with Crippen molar-refractivity contribution in [2.45, 2.75) is 6.42 Å². The van der Waals surface area contributed by atoms with Gasteiger partial charge in [-0.3, -0.25) is 29.8 Å². The molecule has 0 radical (unpaired) electrons. The quantitative estimate of drug-likeness (QED) is 0.0663. The molecule has 17 heteroatoms. The highest BCUT2D eigenvalue weighted by atomic mass is 35.5. The Balaban J connectivity index is 1.78. The predicted octanol–water partition coefficient (Wildman–Crippen LogP) is 5.36. The Labute approximate surface area is 280 Å². The van der Waals surface area contributed by atoms with E-state index in [4.69, 9.17) is 23.2 Å². The topological polar surface area (TPSA) is 192 Å². The first-order valence-electron chi connectivity index (χ1n) is 14.3. The lowest BCUT2D eigenvalue weighted by Gasteiger charge is -2.23. The van der Waals surface area contributed by atoms with Gasteiger partial charge in [-0.15, -0.1) is 23.2 Å². The zero-order chi connectivity index (χ0) is 34.5. The third-order valence-electron chi connectivity index (χ3n) is 6.61. The van der Waals surface area contributed by atoms with Crippen molar-refractivity contribution in [1.29, 1.82) is 0 Å². The Kier molecular flexibility index (Phi) is 13.7. The standard InChI is InChI=1S/C30H34Cl2N8O7/c1-37(2)13-5-12-33-30(43)36-23-9-4-8-22(17-23)34-28(41)20-6-3-7-21(16-20)35-29(42)24-18-26(38(14-10-31)15-11-32)27(40(46)47)19-25(24)39(44)45/h3-4,6-9,16-19H,5,10-15H2,1-2H3,(H,34,41)(H,35,42)(H2,33,36,43). The van der Waals surface area contributed by atoms with E-state index in [1.165, 1.54) is 29.2 Å². The average molecular weight is 690 g/mol. The summed E-state index contributed by atoms with van der Waals surface area (Å²) in [7, 11) is 3.89. The van der Waals surface area contributed by atoms with Gasteiger partial charge in [-0.25, -0.2) is 4.79 Å². The van der Waals surface area contributed by atoms with Crippen LogP contribution in [0.1, 0.15) is 27.1 Å². The maximum atomic E-state index is 13.3. The molecular formula is C30H34Cl2N8O7. The number of urea groups is 1. The predicted molar refractivity (Wildman–Crippen MR) is 182 cm³/mol. The van der Waals surface area contributed by atoms with Gasteiger partial charge in [0.15, 0.2) is 0 Å². The number of nitrogens with zero attached hydrogens (tertiary/aromatic N) is 4. The second kappa shape index (κ2) is 17.6. The lowest BCUT2D eigenvalue weighted by Crippen LogP contribution is -2.31. The van der Waals surface area contributed by atoms with Crippen LogP contribution in [0.15, 0.2) is 60.7 Å². The third kappa shape index (κ3) is 10.8. The van der Waals surface area contributed by atoms with Gasteiger partial charge in [-0.2, -0.15) is 0 Å². The van der Waals surface area contributed by atoms with Crippen LogP contribution >= 0.6 is 23.2 Å². The molecule has 0 spiro atoms. The molecule has 0 aliphatic rings. The van der Waals surface area contributed by atoms with Gasteiger partial charge in [0, 0.05) is 54.0 Å². The van der Waals surface area contributed by atoms with Crippen molar-refractivity contribution >= 4 is 75.2 Å². The highest BCUT2D eigenvalue weighted by Crippen LogP contribution is 2.36. The minimum atomic E-state index is -0.930. The molecule has 4 N–H and O–H groups in total. The number of alkyl halides is 2.